The number of benzene rings is 1. The van der Waals surface area contributed by atoms with Gasteiger partial charge < -0.3 is 15.6 Å². The van der Waals surface area contributed by atoms with E-state index in [2.05, 4.69) is 26.8 Å². The summed E-state index contributed by atoms with van der Waals surface area (Å²) in [5, 5.41) is 9.34. The number of aliphatic hydroxyl groups excluding tert-OH is 1. The van der Waals surface area contributed by atoms with Crippen LogP contribution in [0.4, 0.5) is 4.79 Å². The van der Waals surface area contributed by atoms with E-state index < -0.39 is 6.09 Å². The summed E-state index contributed by atoms with van der Waals surface area (Å²) < 4.78 is 4.72. The topological polar surface area (TPSA) is 72.5 Å². The standard InChI is InChI=1S/C14H21NO3/c1-14(2,3)12-8-10(4-5-11(12)9-16)6-7-18-13(15)17/h4-5,8,16H,6-7,9H2,1-3H3,(H2,15,17). The van der Waals surface area contributed by atoms with Crippen LogP contribution in [0.15, 0.2) is 18.2 Å². The van der Waals surface area contributed by atoms with Crippen LogP contribution in [0.5, 0.6) is 0 Å². The monoisotopic (exact) mass is 251 g/mol. The van der Waals surface area contributed by atoms with E-state index in [9.17, 15) is 9.90 Å². The SMILES string of the molecule is CC(C)(C)c1cc(CCOC(N)=O)ccc1CO. The van der Waals surface area contributed by atoms with Crippen molar-refractivity contribution in [3.63, 3.8) is 0 Å². The van der Waals surface area contributed by atoms with Crippen LogP contribution in [-0.4, -0.2) is 17.8 Å². The van der Waals surface area contributed by atoms with Gasteiger partial charge in [-0.1, -0.05) is 39.0 Å². The molecule has 1 rings (SSSR count). The molecule has 0 aliphatic heterocycles. The van der Waals surface area contributed by atoms with Gasteiger partial charge in [-0.3, -0.25) is 0 Å². The number of carbonyl (C=O) groups is 1. The molecule has 1 aromatic carbocycles. The molecule has 0 heterocycles. The van der Waals surface area contributed by atoms with Crippen LogP contribution in [0, 0.1) is 0 Å². The molecule has 4 nitrogen and oxygen atoms in total. The summed E-state index contributed by atoms with van der Waals surface area (Å²) in [6.45, 7) is 6.61. The Morgan fingerprint density at radius 3 is 2.56 bits per heavy atom. The minimum atomic E-state index is -0.752. The van der Waals surface area contributed by atoms with Crippen LogP contribution >= 0.6 is 0 Å². The van der Waals surface area contributed by atoms with Crippen LogP contribution in [0.2, 0.25) is 0 Å². The molecule has 1 aromatic rings. The third kappa shape index (κ3) is 4.04. The number of hydrogen-bond acceptors (Lipinski definition) is 3. The molecular formula is C14H21NO3. The van der Waals surface area contributed by atoms with Gasteiger partial charge in [0.15, 0.2) is 0 Å². The van der Waals surface area contributed by atoms with Gasteiger partial charge in [0, 0.05) is 6.42 Å². The Balaban J connectivity index is 2.86. The summed E-state index contributed by atoms with van der Waals surface area (Å²) in [6, 6.07) is 5.90. The highest BCUT2D eigenvalue weighted by Crippen LogP contribution is 2.27. The van der Waals surface area contributed by atoms with Gasteiger partial charge in [-0.2, -0.15) is 0 Å². The number of amides is 1. The molecule has 0 bridgehead atoms. The van der Waals surface area contributed by atoms with E-state index in [1.54, 1.807) is 0 Å². The van der Waals surface area contributed by atoms with E-state index in [1.807, 2.05) is 12.1 Å². The Hall–Kier alpha value is -1.55. The fraction of sp³-hybridized carbons (Fsp3) is 0.500. The zero-order valence-electron chi connectivity index (χ0n) is 11.2. The van der Waals surface area contributed by atoms with Crippen molar-refractivity contribution < 1.29 is 14.6 Å². The van der Waals surface area contributed by atoms with Crippen molar-refractivity contribution in [2.45, 2.75) is 39.2 Å². The molecule has 0 aliphatic rings. The number of hydrogen-bond donors (Lipinski definition) is 2. The molecule has 4 heteroatoms. The lowest BCUT2D eigenvalue weighted by Crippen LogP contribution is -2.16. The molecule has 0 atom stereocenters. The van der Waals surface area contributed by atoms with Crippen LogP contribution in [-0.2, 0) is 23.2 Å². The number of rotatable bonds is 4. The quantitative estimate of drug-likeness (QED) is 0.860. The molecule has 3 N–H and O–H groups in total. The zero-order valence-corrected chi connectivity index (χ0v) is 11.2. The van der Waals surface area contributed by atoms with Crippen LogP contribution in [0.25, 0.3) is 0 Å². The third-order valence-corrected chi connectivity index (χ3v) is 2.79. The largest absolute Gasteiger partial charge is 0.449 e. The minimum absolute atomic E-state index is 0.0291. The van der Waals surface area contributed by atoms with Gasteiger partial charge in [0.2, 0.25) is 0 Å². The average Bonchev–Trinajstić information content (AvgIpc) is 2.27. The molecule has 0 spiro atoms. The number of ether oxygens (including phenoxy) is 1. The zero-order chi connectivity index (χ0) is 13.8. The van der Waals surface area contributed by atoms with Crippen molar-refractivity contribution in [1.82, 2.24) is 0 Å². The molecule has 0 aromatic heterocycles. The van der Waals surface area contributed by atoms with Gasteiger partial charge in [0.25, 0.3) is 0 Å². The van der Waals surface area contributed by atoms with Crippen molar-refractivity contribution in [2.75, 3.05) is 6.61 Å². The van der Waals surface area contributed by atoms with Gasteiger partial charge in [-0.25, -0.2) is 4.79 Å². The molecule has 0 unspecified atom stereocenters. The molecule has 0 radical (unpaired) electrons. The summed E-state index contributed by atoms with van der Waals surface area (Å²) in [7, 11) is 0. The number of primary amides is 1. The summed E-state index contributed by atoms with van der Waals surface area (Å²) in [4.78, 5) is 10.5. The highest BCUT2D eigenvalue weighted by Gasteiger charge is 2.18. The highest BCUT2D eigenvalue weighted by molar-refractivity contribution is 5.64. The predicted molar refractivity (Wildman–Crippen MR) is 70.3 cm³/mol. The Morgan fingerprint density at radius 2 is 2.06 bits per heavy atom. The maximum Gasteiger partial charge on any atom is 0.404 e. The molecule has 0 aliphatic carbocycles. The van der Waals surface area contributed by atoms with Crippen molar-refractivity contribution in [3.05, 3.63) is 34.9 Å². The first-order valence-corrected chi connectivity index (χ1v) is 6.00. The molecule has 0 saturated heterocycles. The lowest BCUT2D eigenvalue weighted by molar-refractivity contribution is 0.158. The van der Waals surface area contributed by atoms with Crippen molar-refractivity contribution in [3.8, 4) is 0 Å². The lowest BCUT2D eigenvalue weighted by Gasteiger charge is -2.23. The molecule has 100 valence electrons. The first-order valence-electron chi connectivity index (χ1n) is 6.00. The number of carbonyl (C=O) groups excluding carboxylic acids is 1. The van der Waals surface area contributed by atoms with Crippen LogP contribution in [0.1, 0.15) is 37.5 Å². The molecule has 1 amide bonds. The van der Waals surface area contributed by atoms with Gasteiger partial charge >= 0.3 is 6.09 Å². The first-order chi connectivity index (χ1) is 8.34. The fourth-order valence-corrected chi connectivity index (χ4v) is 1.88. The maximum absolute atomic E-state index is 10.5. The van der Waals surface area contributed by atoms with E-state index in [4.69, 9.17) is 10.5 Å². The van der Waals surface area contributed by atoms with Crippen molar-refractivity contribution in [1.29, 1.82) is 0 Å². The van der Waals surface area contributed by atoms with Crippen molar-refractivity contribution >= 4 is 6.09 Å². The highest BCUT2D eigenvalue weighted by atomic mass is 16.5. The van der Waals surface area contributed by atoms with E-state index >= 15 is 0 Å². The molecule has 0 saturated carbocycles. The van der Waals surface area contributed by atoms with E-state index in [0.717, 1.165) is 16.7 Å². The molecule has 18 heavy (non-hydrogen) atoms. The van der Waals surface area contributed by atoms with Gasteiger partial charge in [0.05, 0.1) is 13.2 Å². The second-order valence-corrected chi connectivity index (χ2v) is 5.32. The average molecular weight is 251 g/mol. The van der Waals surface area contributed by atoms with Crippen LogP contribution < -0.4 is 5.73 Å². The summed E-state index contributed by atoms with van der Waals surface area (Å²) >= 11 is 0. The third-order valence-electron chi connectivity index (χ3n) is 2.79. The Kier molecular flexibility index (Phi) is 4.73. The Labute approximate surface area is 108 Å². The Bertz CT molecular complexity index is 422. The normalized spacial score (nSPS) is 11.3. The predicted octanol–water partition coefficient (Wildman–Crippen LogP) is 2.11. The smallest absolute Gasteiger partial charge is 0.404 e. The second kappa shape index (κ2) is 5.87. The maximum atomic E-state index is 10.5. The molecule has 0 fully saturated rings. The Morgan fingerprint density at radius 1 is 1.39 bits per heavy atom. The number of nitrogens with two attached hydrogens (primary N) is 1. The van der Waals surface area contributed by atoms with Crippen LogP contribution in [0.3, 0.4) is 0 Å². The summed E-state index contributed by atoms with van der Waals surface area (Å²) in [5.41, 5.74) is 7.99. The van der Waals surface area contributed by atoms with E-state index in [-0.39, 0.29) is 18.6 Å². The first kappa shape index (κ1) is 14.5. The van der Waals surface area contributed by atoms with Gasteiger partial charge in [0.1, 0.15) is 0 Å². The minimum Gasteiger partial charge on any atom is -0.449 e. The lowest BCUT2D eigenvalue weighted by atomic mass is 9.82. The fourth-order valence-electron chi connectivity index (χ4n) is 1.88. The van der Waals surface area contributed by atoms with Crippen molar-refractivity contribution in [2.24, 2.45) is 5.73 Å². The number of aliphatic hydroxyl groups is 1. The van der Waals surface area contributed by atoms with Gasteiger partial charge in [-0.15, -0.1) is 0 Å². The second-order valence-electron chi connectivity index (χ2n) is 5.32. The van der Waals surface area contributed by atoms with E-state index in [1.165, 1.54) is 0 Å². The molecular weight excluding hydrogens is 230 g/mol. The summed E-state index contributed by atoms with van der Waals surface area (Å²) in [6.07, 6.45) is -0.129. The van der Waals surface area contributed by atoms with Gasteiger partial charge in [-0.05, 0) is 22.1 Å². The summed E-state index contributed by atoms with van der Waals surface area (Å²) in [5.74, 6) is 0. The van der Waals surface area contributed by atoms with E-state index in [0.29, 0.717) is 6.42 Å².